The first-order valence-corrected chi connectivity index (χ1v) is 11.4. The highest BCUT2D eigenvalue weighted by Crippen LogP contribution is 2.40. The molecule has 2 aliphatic rings. The summed E-state index contributed by atoms with van der Waals surface area (Å²) in [6.07, 6.45) is 11.3. The number of nitrogens with one attached hydrogen (secondary N) is 1. The zero-order chi connectivity index (χ0) is 21.3. The lowest BCUT2D eigenvalue weighted by molar-refractivity contribution is 0.0928. The number of fused-ring (bicyclic) bond motifs is 1. The molecular weight excluding hydrogens is 356 g/mol. The molecule has 162 valence electrons. The predicted molar refractivity (Wildman–Crippen MR) is 128 cm³/mol. The number of unbranched alkanes of at least 4 members (excludes halogenated alkanes) is 2. The van der Waals surface area contributed by atoms with Gasteiger partial charge in [0.25, 0.3) is 0 Å². The van der Waals surface area contributed by atoms with E-state index in [1.54, 1.807) is 0 Å². The van der Waals surface area contributed by atoms with Crippen molar-refractivity contribution >= 4 is 11.4 Å². The molecular formula is C25H42N4. The van der Waals surface area contributed by atoms with Gasteiger partial charge in [-0.05, 0) is 62.4 Å². The van der Waals surface area contributed by atoms with Crippen molar-refractivity contribution < 1.29 is 0 Å². The summed E-state index contributed by atoms with van der Waals surface area (Å²) in [7, 11) is 0. The van der Waals surface area contributed by atoms with E-state index in [1.807, 2.05) is 0 Å². The molecule has 0 radical (unpaired) electrons. The third-order valence-electron chi connectivity index (χ3n) is 6.57. The second kappa shape index (κ2) is 11.3. The average molecular weight is 399 g/mol. The summed E-state index contributed by atoms with van der Waals surface area (Å²) in [5.74, 6) is 0.626. The van der Waals surface area contributed by atoms with Gasteiger partial charge in [-0.15, -0.1) is 0 Å². The Morgan fingerprint density at radius 2 is 2.07 bits per heavy atom. The van der Waals surface area contributed by atoms with Crippen molar-refractivity contribution in [3.05, 3.63) is 48.7 Å². The zero-order valence-corrected chi connectivity index (χ0v) is 18.7. The minimum Gasteiger partial charge on any atom is -0.405 e. The highest BCUT2D eigenvalue weighted by atomic mass is 15.2. The molecule has 0 amide bonds. The lowest BCUT2D eigenvalue weighted by atomic mass is 9.69. The Kier molecular flexibility index (Phi) is 9.09. The summed E-state index contributed by atoms with van der Waals surface area (Å²) >= 11 is 0. The van der Waals surface area contributed by atoms with Crippen LogP contribution in [0.1, 0.15) is 69.4 Å². The van der Waals surface area contributed by atoms with E-state index >= 15 is 0 Å². The van der Waals surface area contributed by atoms with E-state index in [1.165, 1.54) is 73.7 Å². The minimum absolute atomic E-state index is 0.0797. The molecule has 5 N–H and O–H groups in total. The van der Waals surface area contributed by atoms with Gasteiger partial charge in [-0.25, -0.2) is 0 Å². The van der Waals surface area contributed by atoms with Crippen molar-refractivity contribution in [1.29, 1.82) is 0 Å². The van der Waals surface area contributed by atoms with Crippen molar-refractivity contribution in [3.63, 3.8) is 0 Å². The molecule has 1 heterocycles. The van der Waals surface area contributed by atoms with Crippen molar-refractivity contribution in [2.45, 2.75) is 70.8 Å². The minimum atomic E-state index is 0.0797. The first-order valence-electron chi connectivity index (χ1n) is 11.4. The third kappa shape index (κ3) is 6.27. The Bertz CT molecular complexity index is 669. The van der Waals surface area contributed by atoms with Gasteiger partial charge in [-0.3, -0.25) is 0 Å². The number of hydrogen-bond acceptors (Lipinski definition) is 4. The molecule has 1 aromatic rings. The smallest absolute Gasteiger partial charge is 0.0369 e. The Balaban J connectivity index is 0.000000941. The van der Waals surface area contributed by atoms with E-state index < -0.39 is 0 Å². The molecule has 1 saturated carbocycles. The number of piperidine rings is 1. The van der Waals surface area contributed by atoms with Gasteiger partial charge in [0.15, 0.2) is 0 Å². The van der Waals surface area contributed by atoms with Gasteiger partial charge in [0.1, 0.15) is 0 Å². The molecule has 0 aromatic heterocycles. The summed E-state index contributed by atoms with van der Waals surface area (Å²) in [4.78, 5) is 2.48. The van der Waals surface area contributed by atoms with Crippen LogP contribution in [0.2, 0.25) is 0 Å². The molecule has 2 unspecified atom stereocenters. The number of aryl methyl sites for hydroxylation is 1. The van der Waals surface area contributed by atoms with Crippen molar-refractivity contribution in [3.8, 4) is 0 Å². The van der Waals surface area contributed by atoms with Gasteiger partial charge in [0.2, 0.25) is 0 Å². The molecule has 0 bridgehead atoms. The zero-order valence-electron chi connectivity index (χ0n) is 18.7. The number of nitrogens with two attached hydrogens (primary N) is 2. The number of rotatable bonds is 7. The second-order valence-corrected chi connectivity index (χ2v) is 8.72. The average Bonchev–Trinajstić information content (AvgIpc) is 2.71. The van der Waals surface area contributed by atoms with Gasteiger partial charge in [0.05, 0.1) is 0 Å². The fourth-order valence-electron chi connectivity index (χ4n) is 4.76. The standard InChI is InChI=1S/C23H37N3.C2H5N/c1-4-5-8-14-25-21-10-11-22(18(2)16-21)19(3)26-15-13-23(24)12-7-6-9-20(23)17-26;1-2-3/h10-11,16,20,25H,3-9,12-15,17,24H2,1-2H3;2H,1,3H2. The van der Waals surface area contributed by atoms with Crippen LogP contribution in [0.15, 0.2) is 37.6 Å². The summed E-state index contributed by atoms with van der Waals surface area (Å²) in [5.41, 5.74) is 16.4. The summed E-state index contributed by atoms with van der Waals surface area (Å²) < 4.78 is 0. The van der Waals surface area contributed by atoms with Crippen LogP contribution in [0, 0.1) is 12.8 Å². The van der Waals surface area contributed by atoms with Gasteiger partial charge < -0.3 is 21.7 Å². The fourth-order valence-corrected chi connectivity index (χ4v) is 4.76. The molecule has 2 atom stereocenters. The third-order valence-corrected chi connectivity index (χ3v) is 6.57. The van der Waals surface area contributed by atoms with E-state index in [9.17, 15) is 0 Å². The van der Waals surface area contributed by atoms with Crippen LogP contribution < -0.4 is 16.8 Å². The Labute approximate surface area is 178 Å². The maximum Gasteiger partial charge on any atom is 0.0369 e. The Hall–Kier alpha value is -1.94. The number of nitrogens with zero attached hydrogens (tertiary/aromatic N) is 1. The quantitative estimate of drug-likeness (QED) is 0.549. The van der Waals surface area contributed by atoms with E-state index in [4.69, 9.17) is 5.73 Å². The van der Waals surface area contributed by atoms with Crippen LogP contribution in [0.4, 0.5) is 5.69 Å². The van der Waals surface area contributed by atoms with E-state index in [0.717, 1.165) is 26.1 Å². The SMILES string of the molecule is C=C(c1ccc(NCCCCC)cc1C)N1CCC2(N)CCCCC2C1.C=CN. The molecule has 1 aliphatic carbocycles. The number of hydrogen-bond donors (Lipinski definition) is 3. The topological polar surface area (TPSA) is 67.3 Å². The molecule has 3 rings (SSSR count). The molecule has 2 fully saturated rings. The van der Waals surface area contributed by atoms with Crippen molar-refractivity contribution in [2.75, 3.05) is 25.0 Å². The predicted octanol–water partition coefficient (Wildman–Crippen LogP) is 5.25. The van der Waals surface area contributed by atoms with Crippen LogP contribution in [0.3, 0.4) is 0 Å². The first kappa shape index (κ1) is 23.3. The normalized spacial score (nSPS) is 23.4. The maximum atomic E-state index is 6.72. The summed E-state index contributed by atoms with van der Waals surface area (Å²) in [6, 6.07) is 6.71. The molecule has 1 aromatic carbocycles. The number of benzene rings is 1. The summed E-state index contributed by atoms with van der Waals surface area (Å²) in [6.45, 7) is 15.2. The van der Waals surface area contributed by atoms with E-state index in [-0.39, 0.29) is 5.54 Å². The molecule has 4 nitrogen and oxygen atoms in total. The Morgan fingerprint density at radius 3 is 2.76 bits per heavy atom. The molecule has 1 aliphatic heterocycles. The first-order chi connectivity index (χ1) is 13.9. The van der Waals surface area contributed by atoms with Crippen LogP contribution in [-0.4, -0.2) is 30.1 Å². The molecule has 1 saturated heterocycles. The largest absolute Gasteiger partial charge is 0.405 e. The summed E-state index contributed by atoms with van der Waals surface area (Å²) in [5, 5.41) is 3.55. The van der Waals surface area contributed by atoms with Crippen molar-refractivity contribution in [2.24, 2.45) is 17.4 Å². The highest BCUT2D eigenvalue weighted by Gasteiger charge is 2.41. The van der Waals surface area contributed by atoms with E-state index in [0.29, 0.717) is 5.92 Å². The number of anilines is 1. The maximum absolute atomic E-state index is 6.72. The highest BCUT2D eigenvalue weighted by molar-refractivity contribution is 5.67. The van der Waals surface area contributed by atoms with Crippen LogP contribution >= 0.6 is 0 Å². The Morgan fingerprint density at radius 1 is 1.31 bits per heavy atom. The monoisotopic (exact) mass is 398 g/mol. The fraction of sp³-hybridized carbons (Fsp3) is 0.600. The van der Waals surface area contributed by atoms with Crippen LogP contribution in [-0.2, 0) is 0 Å². The van der Waals surface area contributed by atoms with Crippen LogP contribution in [0.25, 0.3) is 5.70 Å². The second-order valence-electron chi connectivity index (χ2n) is 8.72. The van der Waals surface area contributed by atoms with Gasteiger partial charge in [-0.1, -0.05) is 51.8 Å². The van der Waals surface area contributed by atoms with Gasteiger partial charge in [0, 0.05) is 42.1 Å². The van der Waals surface area contributed by atoms with Crippen molar-refractivity contribution in [1.82, 2.24) is 4.90 Å². The molecule has 0 spiro atoms. The lowest BCUT2D eigenvalue weighted by Crippen LogP contribution is -2.58. The van der Waals surface area contributed by atoms with Crippen LogP contribution in [0.5, 0.6) is 0 Å². The van der Waals surface area contributed by atoms with Gasteiger partial charge in [-0.2, -0.15) is 0 Å². The van der Waals surface area contributed by atoms with E-state index in [2.05, 4.69) is 61.2 Å². The lowest BCUT2D eigenvalue weighted by Gasteiger charge is -2.49. The number of likely N-dealkylation sites (tertiary alicyclic amines) is 1. The van der Waals surface area contributed by atoms with Gasteiger partial charge >= 0.3 is 0 Å². The molecule has 29 heavy (non-hydrogen) atoms. The molecule has 4 heteroatoms.